The molecule has 0 saturated heterocycles. The van der Waals surface area contributed by atoms with E-state index in [9.17, 15) is 14.0 Å². The van der Waals surface area contributed by atoms with E-state index in [1.807, 2.05) is 6.92 Å². The third-order valence-electron chi connectivity index (χ3n) is 4.21. The Balaban J connectivity index is 1.47. The summed E-state index contributed by atoms with van der Waals surface area (Å²) >= 11 is 6.00. The first-order valence-corrected chi connectivity index (χ1v) is 9.66. The predicted octanol–water partition coefficient (Wildman–Crippen LogP) is 4.46. The second-order valence-corrected chi connectivity index (χ2v) is 7.01. The molecule has 3 aromatic carbocycles. The Labute approximate surface area is 183 Å². The highest BCUT2D eigenvalue weighted by Crippen LogP contribution is 2.19. The average Bonchev–Trinajstić information content (AvgIpc) is 2.76. The van der Waals surface area contributed by atoms with Crippen molar-refractivity contribution in [1.82, 2.24) is 5.43 Å². The van der Waals surface area contributed by atoms with E-state index in [4.69, 9.17) is 16.3 Å². The topological polar surface area (TPSA) is 79.8 Å². The molecule has 2 N–H and O–H groups in total. The van der Waals surface area contributed by atoms with Crippen LogP contribution in [0.2, 0.25) is 5.02 Å². The van der Waals surface area contributed by atoms with Gasteiger partial charge < -0.3 is 10.1 Å². The molecule has 0 aromatic heterocycles. The molecule has 0 aliphatic rings. The summed E-state index contributed by atoms with van der Waals surface area (Å²) in [5.41, 5.74) is 4.98. The van der Waals surface area contributed by atoms with Crippen LogP contribution in [0.5, 0.6) is 5.75 Å². The van der Waals surface area contributed by atoms with Gasteiger partial charge in [0.15, 0.2) is 0 Å². The van der Waals surface area contributed by atoms with E-state index in [1.54, 1.807) is 54.6 Å². The molecule has 0 fully saturated rings. The number of hydrogen-bond acceptors (Lipinski definition) is 4. The number of carbonyl (C=O) groups is 2. The van der Waals surface area contributed by atoms with Crippen molar-refractivity contribution < 1.29 is 18.7 Å². The number of ether oxygens (including phenoxy) is 1. The molecule has 0 bridgehead atoms. The summed E-state index contributed by atoms with van der Waals surface area (Å²) in [6.45, 7) is 2.14. The van der Waals surface area contributed by atoms with Crippen LogP contribution in [-0.2, 0) is 16.2 Å². The molecule has 0 heterocycles. The zero-order valence-electron chi connectivity index (χ0n) is 16.6. The molecule has 0 saturated carbocycles. The number of hydrazone groups is 1. The summed E-state index contributed by atoms with van der Waals surface area (Å²) in [5, 5.41) is 6.72. The second-order valence-electron chi connectivity index (χ2n) is 6.60. The van der Waals surface area contributed by atoms with Crippen LogP contribution in [0, 0.1) is 12.7 Å². The molecular formula is C23H19ClFN3O3. The van der Waals surface area contributed by atoms with Gasteiger partial charge in [-0.05, 0) is 72.1 Å². The molecule has 0 aliphatic heterocycles. The fourth-order valence-corrected chi connectivity index (χ4v) is 2.65. The normalized spacial score (nSPS) is 10.7. The Morgan fingerprint density at radius 3 is 2.42 bits per heavy atom. The first-order valence-electron chi connectivity index (χ1n) is 9.28. The van der Waals surface area contributed by atoms with E-state index >= 15 is 0 Å². The Kier molecular flexibility index (Phi) is 7.35. The summed E-state index contributed by atoms with van der Waals surface area (Å²) < 4.78 is 18.5. The first kappa shape index (κ1) is 22.0. The molecule has 8 heteroatoms. The number of carbonyl (C=O) groups excluding carboxylic acids is 2. The van der Waals surface area contributed by atoms with Gasteiger partial charge in [0.05, 0.1) is 6.21 Å². The first-order chi connectivity index (χ1) is 14.9. The number of benzene rings is 3. The van der Waals surface area contributed by atoms with Crippen molar-refractivity contribution in [2.24, 2.45) is 5.10 Å². The number of anilines is 1. The van der Waals surface area contributed by atoms with E-state index < -0.39 is 11.8 Å². The van der Waals surface area contributed by atoms with Crippen LogP contribution >= 0.6 is 11.6 Å². The van der Waals surface area contributed by atoms with Gasteiger partial charge in [-0.1, -0.05) is 29.8 Å². The van der Waals surface area contributed by atoms with Gasteiger partial charge in [0, 0.05) is 10.7 Å². The maximum Gasteiger partial charge on any atom is 0.329 e. The van der Waals surface area contributed by atoms with Crippen LogP contribution in [0.1, 0.15) is 16.7 Å². The SMILES string of the molecule is Cc1ccc(NC(=O)C(=O)N/N=C\c2ccc(OCc3ccc(F)cc3)cc2)cc1Cl. The van der Waals surface area contributed by atoms with Crippen molar-refractivity contribution in [2.45, 2.75) is 13.5 Å². The lowest BCUT2D eigenvalue weighted by Crippen LogP contribution is -2.32. The van der Waals surface area contributed by atoms with Crippen LogP contribution < -0.4 is 15.5 Å². The summed E-state index contributed by atoms with van der Waals surface area (Å²) in [6.07, 6.45) is 1.40. The lowest BCUT2D eigenvalue weighted by Gasteiger charge is -2.06. The minimum atomic E-state index is -0.910. The molecule has 6 nitrogen and oxygen atoms in total. The summed E-state index contributed by atoms with van der Waals surface area (Å²) in [7, 11) is 0. The molecule has 0 radical (unpaired) electrons. The van der Waals surface area contributed by atoms with Crippen molar-refractivity contribution >= 4 is 35.3 Å². The minimum absolute atomic E-state index is 0.295. The fraction of sp³-hybridized carbons (Fsp3) is 0.0870. The van der Waals surface area contributed by atoms with Gasteiger partial charge in [-0.2, -0.15) is 5.10 Å². The maximum absolute atomic E-state index is 12.9. The zero-order chi connectivity index (χ0) is 22.2. The van der Waals surface area contributed by atoms with Crippen LogP contribution in [0.3, 0.4) is 0 Å². The Bertz CT molecular complexity index is 1100. The molecule has 2 amide bonds. The van der Waals surface area contributed by atoms with Gasteiger partial charge in [-0.15, -0.1) is 0 Å². The monoisotopic (exact) mass is 439 g/mol. The van der Waals surface area contributed by atoms with Crippen molar-refractivity contribution in [3.8, 4) is 5.75 Å². The molecule has 31 heavy (non-hydrogen) atoms. The number of aryl methyl sites for hydroxylation is 1. The summed E-state index contributed by atoms with van der Waals surface area (Å²) in [6, 6.07) is 18.0. The molecule has 0 unspecified atom stereocenters. The Morgan fingerprint density at radius 1 is 1.03 bits per heavy atom. The van der Waals surface area contributed by atoms with Crippen molar-refractivity contribution in [3.05, 3.63) is 94.3 Å². The number of nitrogens with one attached hydrogen (secondary N) is 2. The van der Waals surface area contributed by atoms with Crippen LogP contribution in [0.15, 0.2) is 71.8 Å². The highest BCUT2D eigenvalue weighted by molar-refractivity contribution is 6.39. The average molecular weight is 440 g/mol. The van der Waals surface area contributed by atoms with Crippen molar-refractivity contribution in [1.29, 1.82) is 0 Å². The molecule has 0 atom stereocenters. The highest BCUT2D eigenvalue weighted by atomic mass is 35.5. The van der Waals surface area contributed by atoms with Gasteiger partial charge in [0.25, 0.3) is 0 Å². The van der Waals surface area contributed by atoms with E-state index in [0.29, 0.717) is 28.6 Å². The number of rotatable bonds is 6. The zero-order valence-corrected chi connectivity index (χ0v) is 17.3. The van der Waals surface area contributed by atoms with Gasteiger partial charge in [-0.25, -0.2) is 9.82 Å². The van der Waals surface area contributed by atoms with Gasteiger partial charge in [-0.3, -0.25) is 9.59 Å². The van der Waals surface area contributed by atoms with Gasteiger partial charge in [0.1, 0.15) is 18.2 Å². The van der Waals surface area contributed by atoms with Gasteiger partial charge >= 0.3 is 11.8 Å². The quantitative estimate of drug-likeness (QED) is 0.338. The van der Waals surface area contributed by atoms with E-state index in [1.165, 1.54) is 18.3 Å². The molecule has 158 valence electrons. The standard InChI is InChI=1S/C23H19ClFN3O3/c1-15-2-9-19(12-21(15)24)27-22(29)23(30)28-26-13-16-5-10-20(11-6-16)31-14-17-3-7-18(25)8-4-17/h2-13H,14H2,1H3,(H,27,29)(H,28,30)/b26-13-. The molecule has 0 spiro atoms. The van der Waals surface area contributed by atoms with Crippen LogP contribution in [0.25, 0.3) is 0 Å². The smallest absolute Gasteiger partial charge is 0.329 e. The molecule has 3 rings (SSSR count). The maximum atomic E-state index is 12.9. The van der Waals surface area contributed by atoms with Crippen LogP contribution in [0.4, 0.5) is 10.1 Å². The molecule has 0 aliphatic carbocycles. The minimum Gasteiger partial charge on any atom is -0.489 e. The third kappa shape index (κ3) is 6.65. The third-order valence-corrected chi connectivity index (χ3v) is 4.62. The van der Waals surface area contributed by atoms with E-state index in [-0.39, 0.29) is 5.82 Å². The highest BCUT2D eigenvalue weighted by Gasteiger charge is 2.13. The molecule has 3 aromatic rings. The summed E-state index contributed by atoms with van der Waals surface area (Å²) in [4.78, 5) is 23.8. The Morgan fingerprint density at radius 2 is 1.74 bits per heavy atom. The van der Waals surface area contributed by atoms with Crippen LogP contribution in [-0.4, -0.2) is 18.0 Å². The van der Waals surface area contributed by atoms with Crippen molar-refractivity contribution in [2.75, 3.05) is 5.32 Å². The Hall–Kier alpha value is -3.71. The van der Waals surface area contributed by atoms with Gasteiger partial charge in [0.2, 0.25) is 0 Å². The van der Waals surface area contributed by atoms with Crippen molar-refractivity contribution in [3.63, 3.8) is 0 Å². The number of halogens is 2. The summed E-state index contributed by atoms with van der Waals surface area (Å²) in [5.74, 6) is -1.44. The number of amides is 2. The molecular weight excluding hydrogens is 421 g/mol. The fourth-order valence-electron chi connectivity index (χ4n) is 2.47. The predicted molar refractivity (Wildman–Crippen MR) is 118 cm³/mol. The number of nitrogens with zero attached hydrogens (tertiary/aromatic N) is 1. The van der Waals surface area contributed by atoms with E-state index in [0.717, 1.165) is 11.1 Å². The van der Waals surface area contributed by atoms with E-state index in [2.05, 4.69) is 15.8 Å². The second kappa shape index (κ2) is 10.4. The largest absolute Gasteiger partial charge is 0.489 e. The lowest BCUT2D eigenvalue weighted by atomic mass is 10.2. The lowest BCUT2D eigenvalue weighted by molar-refractivity contribution is -0.136. The number of hydrogen-bond donors (Lipinski definition) is 2.